The van der Waals surface area contributed by atoms with Gasteiger partial charge in [-0.25, -0.2) is 4.79 Å². The molecule has 3 rings (SSSR count). The fraction of sp³-hybridized carbons (Fsp3) is 0.167. The molecule has 0 unspecified atom stereocenters. The molecule has 122 valence electrons. The Labute approximate surface area is 137 Å². The SMILES string of the molecule is COc1ccc(C(=O)Cn2c(=O)n(C)c(=O)c3ccccc32)cc1. The van der Waals surface area contributed by atoms with Gasteiger partial charge in [-0.05, 0) is 36.4 Å². The highest BCUT2D eigenvalue weighted by Crippen LogP contribution is 2.13. The summed E-state index contributed by atoms with van der Waals surface area (Å²) in [6, 6.07) is 13.4. The Kier molecular flexibility index (Phi) is 4.04. The van der Waals surface area contributed by atoms with Crippen molar-refractivity contribution in [3.05, 3.63) is 74.9 Å². The normalized spacial score (nSPS) is 10.8. The molecule has 24 heavy (non-hydrogen) atoms. The number of benzene rings is 2. The third kappa shape index (κ3) is 2.62. The van der Waals surface area contributed by atoms with E-state index in [4.69, 9.17) is 4.74 Å². The van der Waals surface area contributed by atoms with Crippen molar-refractivity contribution < 1.29 is 9.53 Å². The van der Waals surface area contributed by atoms with Gasteiger partial charge < -0.3 is 4.74 Å². The zero-order valence-electron chi connectivity index (χ0n) is 13.4. The molecule has 0 amide bonds. The molecule has 0 fully saturated rings. The second-order valence-corrected chi connectivity index (χ2v) is 5.40. The maximum Gasteiger partial charge on any atom is 0.331 e. The van der Waals surface area contributed by atoms with Crippen LogP contribution >= 0.6 is 0 Å². The largest absolute Gasteiger partial charge is 0.497 e. The van der Waals surface area contributed by atoms with Gasteiger partial charge in [0.15, 0.2) is 5.78 Å². The van der Waals surface area contributed by atoms with Crippen LogP contribution in [0.1, 0.15) is 10.4 Å². The third-order valence-electron chi connectivity index (χ3n) is 3.96. The summed E-state index contributed by atoms with van der Waals surface area (Å²) in [5.41, 5.74) is 0.0393. The van der Waals surface area contributed by atoms with E-state index in [1.807, 2.05) is 0 Å². The van der Waals surface area contributed by atoms with Gasteiger partial charge in [0.05, 0.1) is 24.6 Å². The molecule has 1 aromatic heterocycles. The zero-order valence-corrected chi connectivity index (χ0v) is 13.4. The Bertz CT molecular complexity index is 1030. The Morgan fingerprint density at radius 1 is 1.04 bits per heavy atom. The summed E-state index contributed by atoms with van der Waals surface area (Å²) in [7, 11) is 2.96. The lowest BCUT2D eigenvalue weighted by molar-refractivity contribution is 0.0971. The van der Waals surface area contributed by atoms with Crippen LogP contribution < -0.4 is 16.0 Å². The van der Waals surface area contributed by atoms with E-state index >= 15 is 0 Å². The minimum absolute atomic E-state index is 0.139. The average Bonchev–Trinajstić information content (AvgIpc) is 2.63. The van der Waals surface area contributed by atoms with Crippen LogP contribution in [-0.4, -0.2) is 22.0 Å². The number of rotatable bonds is 4. The number of Topliss-reactive ketones (excluding diaryl/α,β-unsaturated/α-hetero) is 1. The molecule has 3 aromatic rings. The van der Waals surface area contributed by atoms with E-state index < -0.39 is 5.69 Å². The van der Waals surface area contributed by atoms with Crippen molar-refractivity contribution >= 4 is 16.7 Å². The van der Waals surface area contributed by atoms with E-state index in [2.05, 4.69) is 0 Å². The van der Waals surface area contributed by atoms with Gasteiger partial charge in [-0.1, -0.05) is 12.1 Å². The van der Waals surface area contributed by atoms with Crippen LogP contribution in [0.5, 0.6) is 5.75 Å². The maximum absolute atomic E-state index is 12.5. The number of methoxy groups -OCH3 is 1. The van der Waals surface area contributed by atoms with E-state index in [-0.39, 0.29) is 17.9 Å². The predicted molar refractivity (Wildman–Crippen MR) is 90.8 cm³/mol. The molecule has 0 aliphatic heterocycles. The maximum atomic E-state index is 12.5. The lowest BCUT2D eigenvalue weighted by Crippen LogP contribution is -2.39. The van der Waals surface area contributed by atoms with Gasteiger partial charge in [-0.3, -0.25) is 18.7 Å². The smallest absolute Gasteiger partial charge is 0.331 e. The number of nitrogens with zero attached hydrogens (tertiary/aromatic N) is 2. The lowest BCUT2D eigenvalue weighted by Gasteiger charge is -2.11. The number of ether oxygens (including phenoxy) is 1. The Hall–Kier alpha value is -3.15. The van der Waals surface area contributed by atoms with Crippen molar-refractivity contribution in [1.29, 1.82) is 0 Å². The molecule has 1 heterocycles. The van der Waals surface area contributed by atoms with E-state index in [0.717, 1.165) is 4.57 Å². The number of fused-ring (bicyclic) bond motifs is 1. The minimum Gasteiger partial charge on any atom is -0.497 e. The van der Waals surface area contributed by atoms with Gasteiger partial charge in [-0.15, -0.1) is 0 Å². The third-order valence-corrected chi connectivity index (χ3v) is 3.96. The minimum atomic E-state index is -0.513. The second-order valence-electron chi connectivity index (χ2n) is 5.40. The first-order valence-electron chi connectivity index (χ1n) is 7.38. The number of carbonyl (C=O) groups excluding carboxylic acids is 1. The molecule has 0 saturated heterocycles. The molecule has 0 N–H and O–H groups in total. The molecule has 0 radical (unpaired) electrons. The van der Waals surface area contributed by atoms with Crippen LogP contribution in [-0.2, 0) is 13.6 Å². The average molecular weight is 324 g/mol. The number of hydrogen-bond donors (Lipinski definition) is 0. The number of para-hydroxylation sites is 1. The van der Waals surface area contributed by atoms with Gasteiger partial charge in [0.2, 0.25) is 0 Å². The number of hydrogen-bond acceptors (Lipinski definition) is 4. The highest BCUT2D eigenvalue weighted by molar-refractivity contribution is 5.96. The first-order chi connectivity index (χ1) is 11.5. The van der Waals surface area contributed by atoms with E-state index in [1.54, 1.807) is 55.6 Å². The van der Waals surface area contributed by atoms with Crippen LogP contribution in [0, 0.1) is 0 Å². The van der Waals surface area contributed by atoms with Crippen LogP contribution in [0.3, 0.4) is 0 Å². The van der Waals surface area contributed by atoms with Gasteiger partial charge in [0.25, 0.3) is 5.56 Å². The zero-order chi connectivity index (χ0) is 17.3. The summed E-state index contributed by atoms with van der Waals surface area (Å²) in [6.07, 6.45) is 0. The van der Waals surface area contributed by atoms with Crippen molar-refractivity contribution in [3.8, 4) is 5.75 Å². The van der Waals surface area contributed by atoms with Gasteiger partial charge >= 0.3 is 5.69 Å². The number of carbonyl (C=O) groups is 1. The van der Waals surface area contributed by atoms with Crippen molar-refractivity contribution in [2.45, 2.75) is 6.54 Å². The van der Waals surface area contributed by atoms with Crippen molar-refractivity contribution in [2.75, 3.05) is 7.11 Å². The molecular weight excluding hydrogens is 308 g/mol. The summed E-state index contributed by atoms with van der Waals surface area (Å²) in [6.45, 7) is -0.139. The molecule has 0 atom stereocenters. The Balaban J connectivity index is 2.08. The molecule has 2 aromatic carbocycles. The van der Waals surface area contributed by atoms with Gasteiger partial charge in [0.1, 0.15) is 5.75 Å². The topological polar surface area (TPSA) is 70.3 Å². The highest BCUT2D eigenvalue weighted by Gasteiger charge is 2.14. The predicted octanol–water partition coefficient (Wildman–Crippen LogP) is 1.59. The number of ketones is 1. The summed E-state index contributed by atoms with van der Waals surface area (Å²) in [5.74, 6) is 0.430. The fourth-order valence-corrected chi connectivity index (χ4v) is 2.61. The van der Waals surface area contributed by atoms with Gasteiger partial charge in [0, 0.05) is 12.6 Å². The second kappa shape index (κ2) is 6.16. The summed E-state index contributed by atoms with van der Waals surface area (Å²) >= 11 is 0. The summed E-state index contributed by atoms with van der Waals surface area (Å²) in [5, 5.41) is 0.405. The summed E-state index contributed by atoms with van der Waals surface area (Å²) < 4.78 is 7.41. The standard InChI is InChI=1S/C18H16N2O4/c1-19-17(22)14-5-3-4-6-15(14)20(18(19)23)11-16(21)12-7-9-13(24-2)10-8-12/h3-10H,11H2,1-2H3. The molecule has 6 nitrogen and oxygen atoms in total. The van der Waals surface area contributed by atoms with Crippen LogP contribution in [0.25, 0.3) is 10.9 Å². The van der Waals surface area contributed by atoms with Crippen molar-refractivity contribution in [3.63, 3.8) is 0 Å². The fourth-order valence-electron chi connectivity index (χ4n) is 2.61. The molecule has 0 bridgehead atoms. The van der Waals surface area contributed by atoms with Crippen LogP contribution in [0.4, 0.5) is 0 Å². The van der Waals surface area contributed by atoms with E-state index in [1.165, 1.54) is 11.6 Å². The van der Waals surface area contributed by atoms with Crippen LogP contribution in [0.2, 0.25) is 0 Å². The molecule has 0 aliphatic rings. The summed E-state index contributed by atoms with van der Waals surface area (Å²) in [4.78, 5) is 37.1. The molecule has 6 heteroatoms. The van der Waals surface area contributed by atoms with E-state index in [9.17, 15) is 14.4 Å². The lowest BCUT2D eigenvalue weighted by atomic mass is 10.1. The van der Waals surface area contributed by atoms with Crippen molar-refractivity contribution in [2.24, 2.45) is 7.05 Å². The van der Waals surface area contributed by atoms with Crippen molar-refractivity contribution in [1.82, 2.24) is 9.13 Å². The quantitative estimate of drug-likeness (QED) is 0.683. The number of aromatic nitrogens is 2. The molecule has 0 saturated carbocycles. The first-order valence-corrected chi connectivity index (χ1v) is 7.38. The molecule has 0 aliphatic carbocycles. The highest BCUT2D eigenvalue weighted by atomic mass is 16.5. The van der Waals surface area contributed by atoms with E-state index in [0.29, 0.717) is 22.2 Å². The first kappa shape index (κ1) is 15.7. The molecule has 0 spiro atoms. The monoisotopic (exact) mass is 324 g/mol. The Morgan fingerprint density at radius 2 is 1.71 bits per heavy atom. The molecular formula is C18H16N2O4. The Morgan fingerprint density at radius 3 is 2.38 bits per heavy atom. The van der Waals surface area contributed by atoms with Crippen LogP contribution in [0.15, 0.2) is 58.1 Å². The van der Waals surface area contributed by atoms with Gasteiger partial charge in [-0.2, -0.15) is 0 Å².